The summed E-state index contributed by atoms with van der Waals surface area (Å²) in [7, 11) is 0. The molecule has 1 aliphatic heterocycles. The van der Waals surface area contributed by atoms with Gasteiger partial charge in [0.2, 0.25) is 0 Å². The average Bonchev–Trinajstić information content (AvgIpc) is 3.26. The second-order valence-corrected chi connectivity index (χ2v) is 6.46. The van der Waals surface area contributed by atoms with Crippen LogP contribution in [0.25, 0.3) is 0 Å². The summed E-state index contributed by atoms with van der Waals surface area (Å²) in [6, 6.07) is 10.4. The second kappa shape index (κ2) is 5.72. The lowest BCUT2D eigenvalue weighted by Crippen LogP contribution is -2.40. The number of urea groups is 1. The lowest BCUT2D eigenvalue weighted by atomic mass is 10.1. The van der Waals surface area contributed by atoms with Crippen LogP contribution in [0.1, 0.15) is 53.9 Å². The number of nitrogens with zero attached hydrogens (tertiary/aromatic N) is 2. The van der Waals surface area contributed by atoms with Crippen molar-refractivity contribution in [2.24, 2.45) is 0 Å². The summed E-state index contributed by atoms with van der Waals surface area (Å²) in [6.45, 7) is 2.67. The normalized spacial score (nSPS) is 23.1. The quantitative estimate of drug-likeness (QED) is 0.923. The van der Waals surface area contributed by atoms with E-state index in [1.807, 2.05) is 24.0 Å². The van der Waals surface area contributed by atoms with Gasteiger partial charge in [-0.3, -0.25) is 0 Å². The highest BCUT2D eigenvalue weighted by molar-refractivity contribution is 5.75. The van der Waals surface area contributed by atoms with E-state index < -0.39 is 0 Å². The maximum absolute atomic E-state index is 12.8. The molecule has 1 N–H and O–H groups in total. The zero-order valence-electron chi connectivity index (χ0n) is 13.3. The van der Waals surface area contributed by atoms with Crippen LogP contribution in [-0.4, -0.2) is 22.6 Å². The molecule has 0 bridgehead atoms. The van der Waals surface area contributed by atoms with E-state index in [1.54, 1.807) is 0 Å². The molecule has 0 unspecified atom stereocenters. The van der Waals surface area contributed by atoms with Crippen LogP contribution in [0.3, 0.4) is 0 Å². The Hall–Kier alpha value is -2.30. The molecule has 2 heterocycles. The molecule has 1 fully saturated rings. The first kappa shape index (κ1) is 14.3. The topological polar surface area (TPSA) is 58.4 Å². The van der Waals surface area contributed by atoms with Gasteiger partial charge < -0.3 is 14.7 Å². The molecular weight excluding hydrogens is 290 g/mol. The number of carbonyl (C=O) groups is 1. The minimum Gasteiger partial charge on any atom is -0.359 e. The number of carbonyl (C=O) groups excluding carboxylic acids is 1. The molecule has 5 nitrogen and oxygen atoms in total. The summed E-state index contributed by atoms with van der Waals surface area (Å²) < 4.78 is 5.38. The fraction of sp³-hybridized carbons (Fsp3) is 0.444. The number of aryl methyl sites for hydroxylation is 2. The molecule has 1 aromatic heterocycles. The third kappa shape index (κ3) is 2.60. The largest absolute Gasteiger partial charge is 0.359 e. The first-order chi connectivity index (χ1) is 11.2. The fourth-order valence-corrected chi connectivity index (χ4v) is 3.78. The van der Waals surface area contributed by atoms with Gasteiger partial charge >= 0.3 is 6.03 Å². The zero-order chi connectivity index (χ0) is 15.8. The Balaban J connectivity index is 1.49. The van der Waals surface area contributed by atoms with Gasteiger partial charge in [0.15, 0.2) is 5.76 Å². The third-order valence-electron chi connectivity index (χ3n) is 4.92. The van der Waals surface area contributed by atoms with E-state index in [2.05, 4.69) is 28.7 Å². The van der Waals surface area contributed by atoms with Crippen LogP contribution in [-0.2, 0) is 6.42 Å². The molecular formula is C18H21N3O2. The average molecular weight is 311 g/mol. The number of aromatic nitrogens is 1. The van der Waals surface area contributed by atoms with Crippen LogP contribution in [0.5, 0.6) is 0 Å². The number of hydrogen-bond donors (Lipinski definition) is 1. The Morgan fingerprint density at radius 3 is 3.04 bits per heavy atom. The molecule has 120 valence electrons. The molecule has 1 aromatic carbocycles. The zero-order valence-corrected chi connectivity index (χ0v) is 13.3. The Kier molecular flexibility index (Phi) is 3.56. The molecule has 5 heteroatoms. The summed E-state index contributed by atoms with van der Waals surface area (Å²) in [5, 5.41) is 7.16. The van der Waals surface area contributed by atoms with Gasteiger partial charge in [0, 0.05) is 12.6 Å². The summed E-state index contributed by atoms with van der Waals surface area (Å²) in [5.74, 6) is 0.793. The van der Waals surface area contributed by atoms with Gasteiger partial charge in [-0.2, -0.15) is 0 Å². The van der Waals surface area contributed by atoms with E-state index in [-0.39, 0.29) is 18.1 Å². The molecule has 2 atom stereocenters. The summed E-state index contributed by atoms with van der Waals surface area (Å²) in [5.41, 5.74) is 3.46. The molecule has 0 saturated carbocycles. The SMILES string of the molecule is Cc1cc([C@@H]2CCCN2C(=O)N[C@H]2CCc3ccccc32)on1. The highest BCUT2D eigenvalue weighted by Gasteiger charge is 2.34. The summed E-state index contributed by atoms with van der Waals surface area (Å²) in [4.78, 5) is 14.6. The Bertz CT molecular complexity index is 725. The van der Waals surface area contributed by atoms with Crippen molar-refractivity contribution in [3.63, 3.8) is 0 Å². The van der Waals surface area contributed by atoms with E-state index in [0.717, 1.165) is 43.7 Å². The second-order valence-electron chi connectivity index (χ2n) is 6.46. The number of amides is 2. The van der Waals surface area contributed by atoms with Gasteiger partial charge in [-0.15, -0.1) is 0 Å². The Morgan fingerprint density at radius 1 is 1.35 bits per heavy atom. The smallest absolute Gasteiger partial charge is 0.318 e. The number of rotatable bonds is 2. The third-order valence-corrected chi connectivity index (χ3v) is 4.92. The van der Waals surface area contributed by atoms with Gasteiger partial charge in [0.25, 0.3) is 0 Å². The molecule has 1 saturated heterocycles. The summed E-state index contributed by atoms with van der Waals surface area (Å²) in [6.07, 6.45) is 3.94. The standard InChI is InChI=1S/C18H21N3O2/c1-12-11-17(23-20-12)16-7-4-10-21(16)18(22)19-15-9-8-13-5-2-3-6-14(13)15/h2-3,5-6,11,15-16H,4,7-10H2,1H3,(H,19,22)/t15-,16-/m0/s1. The molecule has 4 rings (SSSR count). The number of likely N-dealkylation sites (tertiary alicyclic amines) is 1. The van der Waals surface area contributed by atoms with Crippen LogP contribution in [0.2, 0.25) is 0 Å². The number of fused-ring (bicyclic) bond motifs is 1. The van der Waals surface area contributed by atoms with Crippen molar-refractivity contribution in [2.45, 2.75) is 44.7 Å². The maximum atomic E-state index is 12.8. The first-order valence-corrected chi connectivity index (χ1v) is 8.30. The van der Waals surface area contributed by atoms with Crippen LogP contribution in [0.4, 0.5) is 4.79 Å². The van der Waals surface area contributed by atoms with Gasteiger partial charge in [0.05, 0.1) is 17.8 Å². The van der Waals surface area contributed by atoms with Crippen molar-refractivity contribution in [3.05, 3.63) is 52.9 Å². The molecule has 2 aliphatic rings. The number of benzene rings is 1. The number of hydrogen-bond acceptors (Lipinski definition) is 3. The lowest BCUT2D eigenvalue weighted by Gasteiger charge is -2.25. The van der Waals surface area contributed by atoms with Crippen molar-refractivity contribution in [3.8, 4) is 0 Å². The van der Waals surface area contributed by atoms with Crippen LogP contribution in [0.15, 0.2) is 34.9 Å². The molecule has 0 spiro atoms. The Morgan fingerprint density at radius 2 is 2.22 bits per heavy atom. The van der Waals surface area contributed by atoms with E-state index >= 15 is 0 Å². The summed E-state index contributed by atoms with van der Waals surface area (Å²) >= 11 is 0. The molecule has 2 amide bonds. The highest BCUT2D eigenvalue weighted by atomic mass is 16.5. The van der Waals surface area contributed by atoms with Crippen molar-refractivity contribution >= 4 is 6.03 Å². The van der Waals surface area contributed by atoms with Gasteiger partial charge in [0.1, 0.15) is 0 Å². The minimum atomic E-state index is 0.00301. The van der Waals surface area contributed by atoms with Gasteiger partial charge in [-0.05, 0) is 43.7 Å². The van der Waals surface area contributed by atoms with E-state index in [4.69, 9.17) is 4.52 Å². The fourth-order valence-electron chi connectivity index (χ4n) is 3.78. The van der Waals surface area contributed by atoms with E-state index in [1.165, 1.54) is 11.1 Å². The van der Waals surface area contributed by atoms with Crippen LogP contribution in [0, 0.1) is 6.92 Å². The first-order valence-electron chi connectivity index (χ1n) is 8.30. The maximum Gasteiger partial charge on any atom is 0.318 e. The van der Waals surface area contributed by atoms with E-state index in [0.29, 0.717) is 0 Å². The van der Waals surface area contributed by atoms with Crippen molar-refractivity contribution < 1.29 is 9.32 Å². The minimum absolute atomic E-state index is 0.00301. The van der Waals surface area contributed by atoms with Gasteiger partial charge in [-0.25, -0.2) is 4.79 Å². The van der Waals surface area contributed by atoms with Crippen molar-refractivity contribution in [2.75, 3.05) is 6.54 Å². The predicted octanol–water partition coefficient (Wildman–Crippen LogP) is 3.52. The van der Waals surface area contributed by atoms with Gasteiger partial charge in [-0.1, -0.05) is 29.4 Å². The molecule has 1 aliphatic carbocycles. The molecule has 2 aromatic rings. The Labute approximate surface area is 135 Å². The van der Waals surface area contributed by atoms with Crippen molar-refractivity contribution in [1.29, 1.82) is 0 Å². The predicted molar refractivity (Wildman–Crippen MR) is 86.0 cm³/mol. The van der Waals surface area contributed by atoms with Crippen LogP contribution >= 0.6 is 0 Å². The van der Waals surface area contributed by atoms with Crippen LogP contribution < -0.4 is 5.32 Å². The monoisotopic (exact) mass is 311 g/mol. The lowest BCUT2D eigenvalue weighted by molar-refractivity contribution is 0.178. The highest BCUT2D eigenvalue weighted by Crippen LogP contribution is 2.34. The van der Waals surface area contributed by atoms with E-state index in [9.17, 15) is 4.79 Å². The molecule has 23 heavy (non-hydrogen) atoms. The number of nitrogens with one attached hydrogen (secondary N) is 1. The van der Waals surface area contributed by atoms with Crippen molar-refractivity contribution in [1.82, 2.24) is 15.4 Å². The molecule has 0 radical (unpaired) electrons.